The van der Waals surface area contributed by atoms with Crippen molar-refractivity contribution in [2.75, 3.05) is 19.7 Å². The van der Waals surface area contributed by atoms with Crippen LogP contribution in [0.1, 0.15) is 19.3 Å². The Morgan fingerprint density at radius 1 is 1.44 bits per heavy atom. The lowest BCUT2D eigenvalue weighted by Gasteiger charge is -2.29. The van der Waals surface area contributed by atoms with E-state index in [0.29, 0.717) is 17.9 Å². The molecule has 0 aliphatic carbocycles. The lowest BCUT2D eigenvalue weighted by Crippen LogP contribution is -2.50. The molecule has 3 N–H and O–H groups in total. The van der Waals surface area contributed by atoms with Gasteiger partial charge in [-0.25, -0.2) is 14.7 Å². The molecule has 3 rings (SSSR count). The van der Waals surface area contributed by atoms with E-state index in [1.807, 2.05) is 0 Å². The van der Waals surface area contributed by atoms with E-state index in [0.717, 1.165) is 4.90 Å². The molecule has 0 aromatic carbocycles. The zero-order valence-corrected chi connectivity index (χ0v) is 13.9. The largest absolute Gasteiger partial charge is 0.418 e. The summed E-state index contributed by atoms with van der Waals surface area (Å²) in [5, 5.41) is 3.46. The van der Waals surface area contributed by atoms with E-state index in [9.17, 15) is 22.4 Å². The average molecular weight is 382 g/mol. The maximum absolute atomic E-state index is 13.0. The van der Waals surface area contributed by atoms with Gasteiger partial charge < -0.3 is 10.2 Å². The molecule has 2 bridgehead atoms. The van der Waals surface area contributed by atoms with Crippen molar-refractivity contribution in [2.24, 2.45) is 0 Å². The summed E-state index contributed by atoms with van der Waals surface area (Å²) in [7, 11) is -4.83. The minimum absolute atomic E-state index is 0.0907. The lowest BCUT2D eigenvalue weighted by molar-refractivity contribution is -0.139. The quantitative estimate of drug-likeness (QED) is 0.382. The Kier molecular flexibility index (Phi) is 5.11. The third-order valence-electron chi connectivity index (χ3n) is 4.43. The molecule has 0 unspecified atom stereocenters. The summed E-state index contributed by atoms with van der Waals surface area (Å²) in [6.07, 6.45) is -0.0296. The molecule has 4 atom stereocenters. The summed E-state index contributed by atoms with van der Waals surface area (Å²) in [6, 6.07) is -2.43. The van der Waals surface area contributed by atoms with Gasteiger partial charge in [0.25, 0.3) is 5.91 Å². The molecule has 0 aromatic heterocycles. The predicted octanol–water partition coefficient (Wildman–Crippen LogP) is -1.26. The molecule has 3 fully saturated rings. The van der Waals surface area contributed by atoms with Gasteiger partial charge in [-0.3, -0.25) is 14.2 Å². The number of urea groups is 1. The Hall–Kier alpha value is -1.54. The first-order valence-corrected chi connectivity index (χ1v) is 9.17. The van der Waals surface area contributed by atoms with E-state index in [4.69, 9.17) is 9.39 Å². The molecule has 3 aliphatic rings. The number of fused-ring (bicyclic) bond motifs is 2. The number of halogens is 1. The standard InChI is InChI=1S/C12H19FN4O7S/c13-7-3-8(14-4-7)6-23-15-11(18)10-2-1-9-5-16(10)12(19)17(9)24-25(20,21)22/h7-10,14H,1-6H2,(H,15,18)(H,20,21,22)/t7-,8+,9-,10+/m1/s1. The third kappa shape index (κ3) is 4.17. The van der Waals surface area contributed by atoms with Crippen LogP contribution in [0, 0.1) is 0 Å². The Balaban J connectivity index is 1.52. The van der Waals surface area contributed by atoms with E-state index in [1.54, 1.807) is 0 Å². The average Bonchev–Trinajstić information content (AvgIpc) is 3.04. The molecule has 3 saturated heterocycles. The number of alkyl halides is 1. The fourth-order valence-corrected chi connectivity index (χ4v) is 3.67. The lowest BCUT2D eigenvalue weighted by atomic mass is 10.0. The van der Waals surface area contributed by atoms with Gasteiger partial charge in [0.2, 0.25) is 0 Å². The summed E-state index contributed by atoms with van der Waals surface area (Å²) in [5.41, 5.74) is 2.24. The monoisotopic (exact) mass is 382 g/mol. The maximum Gasteiger partial charge on any atom is 0.418 e. The molecule has 3 aliphatic heterocycles. The summed E-state index contributed by atoms with van der Waals surface area (Å²) in [4.78, 5) is 30.6. The number of piperidine rings is 1. The summed E-state index contributed by atoms with van der Waals surface area (Å²) in [5.74, 6) is -0.560. The highest BCUT2D eigenvalue weighted by atomic mass is 32.3. The second-order valence-corrected chi connectivity index (χ2v) is 7.23. The highest BCUT2D eigenvalue weighted by Crippen LogP contribution is 2.30. The smallest absolute Gasteiger partial charge is 0.309 e. The summed E-state index contributed by atoms with van der Waals surface area (Å²) >= 11 is 0. The van der Waals surface area contributed by atoms with Crippen LogP contribution in [0.3, 0.4) is 0 Å². The summed E-state index contributed by atoms with van der Waals surface area (Å²) in [6.45, 7) is 0.436. The summed E-state index contributed by atoms with van der Waals surface area (Å²) < 4.78 is 47.7. The predicted molar refractivity (Wildman–Crippen MR) is 78.8 cm³/mol. The molecule has 13 heteroatoms. The molecule has 25 heavy (non-hydrogen) atoms. The number of hydrogen-bond acceptors (Lipinski definition) is 7. The number of rotatable bonds is 6. The van der Waals surface area contributed by atoms with Crippen molar-refractivity contribution >= 4 is 22.3 Å². The second-order valence-electron chi connectivity index (χ2n) is 6.23. The number of hydrogen-bond donors (Lipinski definition) is 3. The molecule has 11 nitrogen and oxygen atoms in total. The molecule has 0 radical (unpaired) electrons. The van der Waals surface area contributed by atoms with Crippen LogP contribution >= 0.6 is 0 Å². The van der Waals surface area contributed by atoms with Gasteiger partial charge in [0.05, 0.1) is 12.6 Å². The SMILES string of the molecule is O=C(NOC[C@@H]1C[C@@H](F)CN1)[C@@H]1CC[C@@H]2CN1C(=O)N2OS(=O)(=O)O. The van der Waals surface area contributed by atoms with Gasteiger partial charge >= 0.3 is 16.4 Å². The molecule has 0 spiro atoms. The molecule has 3 heterocycles. The van der Waals surface area contributed by atoms with Gasteiger partial charge in [-0.2, -0.15) is 13.5 Å². The minimum Gasteiger partial charge on any atom is -0.309 e. The Labute approximate surface area is 143 Å². The van der Waals surface area contributed by atoms with Gasteiger partial charge in [-0.05, 0) is 19.3 Å². The van der Waals surface area contributed by atoms with Gasteiger partial charge in [0.15, 0.2) is 0 Å². The van der Waals surface area contributed by atoms with Crippen molar-refractivity contribution in [3.63, 3.8) is 0 Å². The molecular formula is C12H19FN4O7S. The van der Waals surface area contributed by atoms with Gasteiger partial charge in [-0.1, -0.05) is 0 Å². The number of carbonyl (C=O) groups is 2. The van der Waals surface area contributed by atoms with E-state index in [-0.39, 0.29) is 32.2 Å². The molecule has 0 aromatic rings. The number of amides is 3. The maximum atomic E-state index is 13.0. The third-order valence-corrected chi connectivity index (χ3v) is 4.77. The Morgan fingerprint density at radius 2 is 2.20 bits per heavy atom. The van der Waals surface area contributed by atoms with Gasteiger partial charge in [-0.15, -0.1) is 4.28 Å². The highest BCUT2D eigenvalue weighted by Gasteiger charge is 2.49. The van der Waals surface area contributed by atoms with Crippen LogP contribution in [0.15, 0.2) is 0 Å². The minimum atomic E-state index is -4.83. The van der Waals surface area contributed by atoms with Crippen molar-refractivity contribution in [3.05, 3.63) is 0 Å². The van der Waals surface area contributed by atoms with Crippen LogP contribution in [0.5, 0.6) is 0 Å². The topological polar surface area (TPSA) is 138 Å². The number of nitrogens with zero attached hydrogens (tertiary/aromatic N) is 2. The van der Waals surface area contributed by atoms with Crippen molar-refractivity contribution in [3.8, 4) is 0 Å². The van der Waals surface area contributed by atoms with E-state index in [2.05, 4.69) is 15.1 Å². The van der Waals surface area contributed by atoms with Gasteiger partial charge in [0.1, 0.15) is 12.2 Å². The Bertz CT molecular complexity index is 647. The first kappa shape index (κ1) is 18.3. The van der Waals surface area contributed by atoms with E-state index >= 15 is 0 Å². The number of hydroxylamine groups is 3. The fourth-order valence-electron chi connectivity index (χ4n) is 3.28. The fraction of sp³-hybridized carbons (Fsp3) is 0.833. The van der Waals surface area contributed by atoms with Crippen molar-refractivity contribution in [1.82, 2.24) is 20.8 Å². The Morgan fingerprint density at radius 3 is 2.84 bits per heavy atom. The van der Waals surface area contributed by atoms with Crippen LogP contribution in [0.25, 0.3) is 0 Å². The van der Waals surface area contributed by atoms with E-state index in [1.165, 1.54) is 0 Å². The first-order chi connectivity index (χ1) is 11.7. The van der Waals surface area contributed by atoms with Crippen molar-refractivity contribution in [1.29, 1.82) is 0 Å². The zero-order chi connectivity index (χ0) is 18.2. The molecule has 142 valence electrons. The van der Waals surface area contributed by atoms with Crippen LogP contribution < -0.4 is 10.8 Å². The number of nitrogens with one attached hydrogen (secondary N) is 2. The number of carbonyl (C=O) groups excluding carboxylic acids is 2. The van der Waals surface area contributed by atoms with Crippen LogP contribution in [-0.2, 0) is 24.3 Å². The zero-order valence-electron chi connectivity index (χ0n) is 13.1. The van der Waals surface area contributed by atoms with Gasteiger partial charge in [0, 0.05) is 19.1 Å². The van der Waals surface area contributed by atoms with Crippen molar-refractivity contribution < 1.29 is 36.1 Å². The first-order valence-electron chi connectivity index (χ1n) is 7.80. The molecule has 0 saturated carbocycles. The highest BCUT2D eigenvalue weighted by molar-refractivity contribution is 7.80. The molecule has 3 amide bonds. The van der Waals surface area contributed by atoms with Crippen LogP contribution in [0.2, 0.25) is 0 Å². The van der Waals surface area contributed by atoms with E-state index < -0.39 is 40.6 Å². The molecular weight excluding hydrogens is 363 g/mol. The van der Waals surface area contributed by atoms with Crippen molar-refractivity contribution in [2.45, 2.75) is 43.6 Å². The van der Waals surface area contributed by atoms with Crippen LogP contribution in [0.4, 0.5) is 9.18 Å². The normalized spacial score (nSPS) is 32.3. The second kappa shape index (κ2) is 6.99. The van der Waals surface area contributed by atoms with Crippen LogP contribution in [-0.4, -0.2) is 78.9 Å².